The number of rotatable bonds is 8. The number of nitrogens with one attached hydrogen (secondary N) is 1. The zero-order valence-electron chi connectivity index (χ0n) is 21.8. The van der Waals surface area contributed by atoms with Crippen molar-refractivity contribution in [3.8, 4) is 28.8 Å². The fraction of sp³-hybridized carbons (Fsp3) is 0.179. The van der Waals surface area contributed by atoms with Crippen LogP contribution < -0.4 is 20.5 Å². The minimum atomic E-state index is -4.65. The van der Waals surface area contributed by atoms with E-state index in [0.29, 0.717) is 22.6 Å². The minimum Gasteiger partial charge on any atom is -0.494 e. The predicted molar refractivity (Wildman–Crippen MR) is 141 cm³/mol. The van der Waals surface area contributed by atoms with Gasteiger partial charge in [0.1, 0.15) is 22.7 Å². The fourth-order valence-corrected chi connectivity index (χ4v) is 4.06. The molecule has 1 atom stereocenters. The lowest BCUT2D eigenvalue weighted by atomic mass is 10.1. The number of ether oxygens (including phenoxy) is 2. The molecule has 0 aliphatic rings. The van der Waals surface area contributed by atoms with Crippen molar-refractivity contribution in [2.24, 2.45) is 5.73 Å². The quantitative estimate of drug-likeness (QED) is 0.252. The Morgan fingerprint density at radius 3 is 2.66 bits per heavy atom. The molecule has 210 valence electrons. The predicted octanol–water partition coefficient (Wildman–Crippen LogP) is 5.45. The Morgan fingerprint density at radius 1 is 1.12 bits per heavy atom. The molecule has 5 aromatic rings. The molecule has 1 amide bonds. The molecule has 0 aliphatic heterocycles. The molecule has 0 unspecified atom stereocenters. The third kappa shape index (κ3) is 5.94. The Morgan fingerprint density at radius 2 is 1.95 bits per heavy atom. The third-order valence-corrected chi connectivity index (χ3v) is 5.96. The van der Waals surface area contributed by atoms with Crippen LogP contribution in [-0.4, -0.2) is 33.0 Å². The van der Waals surface area contributed by atoms with Gasteiger partial charge in [-0.3, -0.25) is 9.78 Å². The van der Waals surface area contributed by atoms with Gasteiger partial charge in [0, 0.05) is 29.9 Å². The molecule has 41 heavy (non-hydrogen) atoms. The lowest BCUT2D eigenvalue weighted by Gasteiger charge is -2.11. The number of nitrogens with zero attached hydrogens (tertiary/aromatic N) is 4. The van der Waals surface area contributed by atoms with Crippen molar-refractivity contribution in [2.75, 3.05) is 7.11 Å². The molecule has 0 saturated heterocycles. The van der Waals surface area contributed by atoms with Crippen LogP contribution in [0.1, 0.15) is 40.5 Å². The summed E-state index contributed by atoms with van der Waals surface area (Å²) in [5.74, 6) is 0.518. The number of aromatic nitrogens is 4. The normalized spacial score (nSPS) is 12.2. The fourth-order valence-electron chi connectivity index (χ4n) is 4.06. The molecule has 0 bridgehead atoms. The molecule has 3 heterocycles. The topological polar surface area (TPSA) is 138 Å². The summed E-state index contributed by atoms with van der Waals surface area (Å²) >= 11 is 0. The van der Waals surface area contributed by atoms with Crippen LogP contribution in [0.3, 0.4) is 0 Å². The molecule has 13 heteroatoms. The van der Waals surface area contributed by atoms with Crippen LogP contribution in [0.5, 0.6) is 17.4 Å². The van der Waals surface area contributed by atoms with Gasteiger partial charge in [0.05, 0.1) is 19.3 Å². The van der Waals surface area contributed by atoms with Crippen molar-refractivity contribution in [2.45, 2.75) is 25.7 Å². The number of methoxy groups -OCH3 is 1. The number of benzene rings is 2. The van der Waals surface area contributed by atoms with E-state index in [9.17, 15) is 18.0 Å². The second-order valence-electron chi connectivity index (χ2n) is 8.90. The molecular weight excluding hydrogens is 541 g/mol. The summed E-state index contributed by atoms with van der Waals surface area (Å²) < 4.78 is 56.7. The lowest BCUT2D eigenvalue weighted by molar-refractivity contribution is -0.140. The van der Waals surface area contributed by atoms with Gasteiger partial charge in [0.25, 0.3) is 5.91 Å². The molecule has 3 N–H and O–H groups in total. The van der Waals surface area contributed by atoms with E-state index in [1.165, 1.54) is 37.8 Å². The molecule has 0 aliphatic carbocycles. The number of nitrogens with two attached hydrogens (primary N) is 1. The van der Waals surface area contributed by atoms with Gasteiger partial charge in [-0.05, 0) is 48.9 Å². The number of oxazole rings is 1. The van der Waals surface area contributed by atoms with Crippen LogP contribution in [0.15, 0.2) is 71.5 Å². The van der Waals surface area contributed by atoms with Crippen molar-refractivity contribution in [1.29, 1.82) is 0 Å². The summed E-state index contributed by atoms with van der Waals surface area (Å²) in [5.41, 5.74) is 5.97. The van der Waals surface area contributed by atoms with Crippen LogP contribution in [0, 0.1) is 0 Å². The Balaban J connectivity index is 1.42. The highest BCUT2D eigenvalue weighted by Crippen LogP contribution is 2.37. The van der Waals surface area contributed by atoms with Gasteiger partial charge in [0.2, 0.25) is 11.8 Å². The second-order valence-corrected chi connectivity index (χ2v) is 8.90. The van der Waals surface area contributed by atoms with Crippen molar-refractivity contribution in [1.82, 2.24) is 25.3 Å². The van der Waals surface area contributed by atoms with E-state index in [4.69, 9.17) is 19.6 Å². The summed E-state index contributed by atoms with van der Waals surface area (Å²) in [7, 11) is 1.33. The molecule has 5 rings (SSSR count). The third-order valence-electron chi connectivity index (χ3n) is 5.96. The number of alkyl halides is 3. The summed E-state index contributed by atoms with van der Waals surface area (Å²) in [6.45, 7) is 1.75. The van der Waals surface area contributed by atoms with Crippen molar-refractivity contribution in [3.63, 3.8) is 0 Å². The molecule has 0 fully saturated rings. The first-order valence-corrected chi connectivity index (χ1v) is 12.3. The van der Waals surface area contributed by atoms with Crippen LogP contribution in [0.25, 0.3) is 22.4 Å². The Labute approximate surface area is 231 Å². The zero-order chi connectivity index (χ0) is 29.1. The highest BCUT2D eigenvalue weighted by molar-refractivity contribution is 5.98. The molecule has 0 saturated carbocycles. The van der Waals surface area contributed by atoms with Gasteiger partial charge in [-0.1, -0.05) is 12.1 Å². The highest BCUT2D eigenvalue weighted by atomic mass is 19.4. The number of amides is 1. The highest BCUT2D eigenvalue weighted by Gasteiger charge is 2.33. The van der Waals surface area contributed by atoms with E-state index in [2.05, 4.69) is 25.3 Å². The summed E-state index contributed by atoms with van der Waals surface area (Å²) in [6, 6.07) is 11.5. The smallest absolute Gasteiger partial charge is 0.433 e. The molecule has 10 nitrogen and oxygen atoms in total. The minimum absolute atomic E-state index is 0.00368. The van der Waals surface area contributed by atoms with Gasteiger partial charge >= 0.3 is 6.18 Å². The maximum atomic E-state index is 13.3. The van der Waals surface area contributed by atoms with Crippen LogP contribution >= 0.6 is 0 Å². The van der Waals surface area contributed by atoms with E-state index < -0.39 is 23.8 Å². The molecular formula is C28H23F3N6O4. The van der Waals surface area contributed by atoms with Crippen LogP contribution in [-0.2, 0) is 12.7 Å². The zero-order valence-corrected chi connectivity index (χ0v) is 21.8. The first-order valence-electron chi connectivity index (χ1n) is 12.3. The molecule has 2 aromatic carbocycles. The SMILES string of the molecule is COc1ccc(-c2nc(C(=O)NCc3cccc(Oc4cnccn4)c3)c([C@H](C)N)o2)c2ccc(C(F)(F)F)nc12. The Kier molecular flexibility index (Phi) is 7.53. The maximum Gasteiger partial charge on any atom is 0.433 e. The Bertz CT molecular complexity index is 1710. The summed E-state index contributed by atoms with van der Waals surface area (Å²) in [6.07, 6.45) is -0.134. The number of fused-ring (bicyclic) bond motifs is 1. The van der Waals surface area contributed by atoms with Gasteiger partial charge in [0.15, 0.2) is 11.5 Å². The number of halogens is 3. The average molecular weight is 565 g/mol. The average Bonchev–Trinajstić information content (AvgIpc) is 3.41. The van der Waals surface area contributed by atoms with E-state index in [-0.39, 0.29) is 35.2 Å². The Hall–Kier alpha value is -5.04. The van der Waals surface area contributed by atoms with Gasteiger partial charge < -0.3 is 24.9 Å². The van der Waals surface area contributed by atoms with Crippen molar-refractivity contribution in [3.05, 3.63) is 89.8 Å². The number of carbonyl (C=O) groups is 1. The van der Waals surface area contributed by atoms with Crippen LogP contribution in [0.2, 0.25) is 0 Å². The first kappa shape index (κ1) is 27.5. The second kappa shape index (κ2) is 11.2. The molecule has 3 aromatic heterocycles. The van der Waals surface area contributed by atoms with E-state index >= 15 is 0 Å². The summed E-state index contributed by atoms with van der Waals surface area (Å²) in [4.78, 5) is 29.3. The van der Waals surface area contributed by atoms with Gasteiger partial charge in [-0.2, -0.15) is 13.2 Å². The monoisotopic (exact) mass is 564 g/mol. The molecule has 0 spiro atoms. The van der Waals surface area contributed by atoms with Gasteiger partial charge in [-0.15, -0.1) is 0 Å². The van der Waals surface area contributed by atoms with E-state index in [1.54, 1.807) is 37.3 Å². The van der Waals surface area contributed by atoms with E-state index in [0.717, 1.165) is 11.6 Å². The number of pyridine rings is 1. The number of hydrogen-bond donors (Lipinski definition) is 2. The lowest BCUT2D eigenvalue weighted by Crippen LogP contribution is -2.25. The number of hydrogen-bond acceptors (Lipinski definition) is 9. The maximum absolute atomic E-state index is 13.3. The van der Waals surface area contributed by atoms with Crippen molar-refractivity contribution >= 4 is 16.8 Å². The largest absolute Gasteiger partial charge is 0.494 e. The van der Waals surface area contributed by atoms with E-state index in [1.807, 2.05) is 0 Å². The van der Waals surface area contributed by atoms with Crippen molar-refractivity contribution < 1.29 is 31.9 Å². The van der Waals surface area contributed by atoms with Gasteiger partial charge in [-0.25, -0.2) is 15.0 Å². The number of carbonyl (C=O) groups excluding carboxylic acids is 1. The standard InChI is InChI=1S/C28H23F3N6O4/c1-15(32)25-24(26(38)35-13-16-4-3-5-17(12-16)40-22-14-33-10-11-34-22)37-27(41-25)19-6-8-20(39-2)23-18(19)7-9-21(36-23)28(29,30)31/h3-12,14-15H,13,32H2,1-2H3,(H,35,38)/t15-/m0/s1. The summed E-state index contributed by atoms with van der Waals surface area (Å²) in [5, 5.41) is 3.08. The first-order chi connectivity index (χ1) is 19.6. The van der Waals surface area contributed by atoms with Crippen LogP contribution in [0.4, 0.5) is 13.2 Å². The molecule has 0 radical (unpaired) electrons.